The lowest BCUT2D eigenvalue weighted by Gasteiger charge is -2.07. The van der Waals surface area contributed by atoms with E-state index in [1.54, 1.807) is 0 Å². The number of hydrogen-bond donors (Lipinski definition) is 1. The van der Waals surface area contributed by atoms with Crippen molar-refractivity contribution >= 4 is 5.78 Å². The van der Waals surface area contributed by atoms with Gasteiger partial charge in [0.2, 0.25) is 0 Å². The Labute approximate surface area is 67.4 Å². The molecule has 62 valence electrons. The van der Waals surface area contributed by atoms with Crippen molar-refractivity contribution in [1.29, 1.82) is 0 Å². The number of carbonyl (C=O) groups is 1. The first-order valence-corrected chi connectivity index (χ1v) is 4.62. The summed E-state index contributed by atoms with van der Waals surface area (Å²) in [5.41, 5.74) is 0. The minimum absolute atomic E-state index is 0.456. The number of rotatable bonds is 3. The molecule has 1 aliphatic heterocycles. The molecule has 1 heterocycles. The third-order valence-electron chi connectivity index (χ3n) is 2.64. The standard InChI is InChI=1S/C9H15NO/c11-9(7-3-4-7)6-8-2-1-5-10-8/h7-8,10H,1-6H2. The van der Waals surface area contributed by atoms with E-state index in [1.807, 2.05) is 0 Å². The highest BCUT2D eigenvalue weighted by Gasteiger charge is 2.31. The van der Waals surface area contributed by atoms with Gasteiger partial charge in [0, 0.05) is 18.4 Å². The van der Waals surface area contributed by atoms with Crippen LogP contribution in [0.5, 0.6) is 0 Å². The van der Waals surface area contributed by atoms with E-state index < -0.39 is 0 Å². The van der Waals surface area contributed by atoms with Gasteiger partial charge in [-0.05, 0) is 32.2 Å². The first-order valence-electron chi connectivity index (χ1n) is 4.62. The first kappa shape index (κ1) is 7.29. The highest BCUT2D eigenvalue weighted by molar-refractivity contribution is 5.83. The quantitative estimate of drug-likeness (QED) is 0.658. The van der Waals surface area contributed by atoms with Gasteiger partial charge in [-0.3, -0.25) is 4.79 Å². The van der Waals surface area contributed by atoms with Crippen LogP contribution < -0.4 is 5.32 Å². The SMILES string of the molecule is O=C(CC1CCCN1)C1CC1. The van der Waals surface area contributed by atoms with Gasteiger partial charge in [-0.2, -0.15) is 0 Å². The van der Waals surface area contributed by atoms with Gasteiger partial charge < -0.3 is 5.32 Å². The summed E-state index contributed by atoms with van der Waals surface area (Å²) in [5.74, 6) is 0.960. The maximum atomic E-state index is 11.3. The molecular weight excluding hydrogens is 138 g/mol. The largest absolute Gasteiger partial charge is 0.314 e. The Morgan fingerprint density at radius 2 is 2.18 bits per heavy atom. The summed E-state index contributed by atoms with van der Waals surface area (Å²) in [4.78, 5) is 11.3. The topological polar surface area (TPSA) is 29.1 Å². The van der Waals surface area contributed by atoms with Crippen molar-refractivity contribution in [3.63, 3.8) is 0 Å². The lowest BCUT2D eigenvalue weighted by molar-refractivity contribution is -0.120. The Kier molecular flexibility index (Phi) is 1.95. The number of nitrogens with one attached hydrogen (secondary N) is 1. The highest BCUT2D eigenvalue weighted by Crippen LogP contribution is 2.31. The Balaban J connectivity index is 1.74. The van der Waals surface area contributed by atoms with Crippen molar-refractivity contribution in [2.75, 3.05) is 6.54 Å². The first-order chi connectivity index (χ1) is 5.36. The van der Waals surface area contributed by atoms with Gasteiger partial charge in [-0.15, -0.1) is 0 Å². The van der Waals surface area contributed by atoms with Crippen molar-refractivity contribution < 1.29 is 4.79 Å². The second-order valence-corrected chi connectivity index (χ2v) is 3.74. The van der Waals surface area contributed by atoms with Crippen LogP contribution in [-0.2, 0) is 4.79 Å². The molecule has 1 saturated carbocycles. The van der Waals surface area contributed by atoms with E-state index in [4.69, 9.17) is 0 Å². The Hall–Kier alpha value is -0.370. The summed E-state index contributed by atoms with van der Waals surface area (Å²) >= 11 is 0. The van der Waals surface area contributed by atoms with Crippen molar-refractivity contribution in [2.24, 2.45) is 5.92 Å². The van der Waals surface area contributed by atoms with Gasteiger partial charge in [0.25, 0.3) is 0 Å². The summed E-state index contributed by atoms with van der Waals surface area (Å²) < 4.78 is 0. The molecule has 2 nitrogen and oxygen atoms in total. The minimum atomic E-state index is 0.456. The lowest BCUT2D eigenvalue weighted by atomic mass is 10.1. The molecule has 11 heavy (non-hydrogen) atoms. The Bertz CT molecular complexity index is 157. The molecule has 1 unspecified atom stereocenters. The molecule has 2 rings (SSSR count). The molecule has 1 aliphatic carbocycles. The van der Waals surface area contributed by atoms with Crippen LogP contribution in [0.4, 0.5) is 0 Å². The van der Waals surface area contributed by atoms with Gasteiger partial charge >= 0.3 is 0 Å². The second kappa shape index (κ2) is 2.94. The summed E-state index contributed by atoms with van der Waals surface area (Å²) in [7, 11) is 0. The van der Waals surface area contributed by atoms with E-state index in [1.165, 1.54) is 12.8 Å². The Morgan fingerprint density at radius 1 is 1.36 bits per heavy atom. The monoisotopic (exact) mass is 153 g/mol. The van der Waals surface area contributed by atoms with Gasteiger partial charge in [0.05, 0.1) is 0 Å². The van der Waals surface area contributed by atoms with Gasteiger partial charge in [-0.1, -0.05) is 0 Å². The fourth-order valence-corrected chi connectivity index (χ4v) is 1.75. The summed E-state index contributed by atoms with van der Waals surface area (Å²) in [6.45, 7) is 1.11. The fourth-order valence-electron chi connectivity index (χ4n) is 1.75. The smallest absolute Gasteiger partial charge is 0.137 e. The third kappa shape index (κ3) is 1.80. The van der Waals surface area contributed by atoms with Crippen LogP contribution in [0.1, 0.15) is 32.1 Å². The molecule has 0 aromatic rings. The molecule has 2 aliphatic rings. The predicted molar refractivity (Wildman–Crippen MR) is 43.4 cm³/mol. The molecule has 0 amide bonds. The molecule has 1 atom stereocenters. The summed E-state index contributed by atoms with van der Waals surface area (Å²) in [6.07, 6.45) is 5.57. The average molecular weight is 153 g/mol. The van der Waals surface area contributed by atoms with Crippen LogP contribution in [0.3, 0.4) is 0 Å². The van der Waals surface area contributed by atoms with Crippen molar-refractivity contribution in [2.45, 2.75) is 38.1 Å². The number of hydrogen-bond acceptors (Lipinski definition) is 2. The van der Waals surface area contributed by atoms with E-state index in [2.05, 4.69) is 5.32 Å². The molecule has 0 spiro atoms. The molecule has 1 N–H and O–H groups in total. The number of Topliss-reactive ketones (excluding diaryl/α,β-unsaturated/α-hetero) is 1. The van der Waals surface area contributed by atoms with E-state index in [9.17, 15) is 4.79 Å². The van der Waals surface area contributed by atoms with E-state index in [-0.39, 0.29) is 0 Å². The predicted octanol–water partition coefficient (Wildman–Crippen LogP) is 1.11. The van der Waals surface area contributed by atoms with E-state index >= 15 is 0 Å². The van der Waals surface area contributed by atoms with Crippen LogP contribution in [0.25, 0.3) is 0 Å². The summed E-state index contributed by atoms with van der Waals surface area (Å²) in [6, 6.07) is 0.517. The molecule has 2 heteroatoms. The number of ketones is 1. The van der Waals surface area contributed by atoms with Crippen LogP contribution >= 0.6 is 0 Å². The van der Waals surface area contributed by atoms with Crippen LogP contribution in [0, 0.1) is 5.92 Å². The maximum Gasteiger partial charge on any atom is 0.137 e. The maximum absolute atomic E-state index is 11.3. The van der Waals surface area contributed by atoms with Gasteiger partial charge in [-0.25, -0.2) is 0 Å². The number of carbonyl (C=O) groups excluding carboxylic acids is 1. The van der Waals surface area contributed by atoms with Crippen LogP contribution in [0.15, 0.2) is 0 Å². The molecule has 0 radical (unpaired) electrons. The molecule has 1 saturated heterocycles. The molecule has 0 aromatic carbocycles. The van der Waals surface area contributed by atoms with Crippen molar-refractivity contribution in [3.8, 4) is 0 Å². The van der Waals surface area contributed by atoms with Crippen LogP contribution in [0.2, 0.25) is 0 Å². The minimum Gasteiger partial charge on any atom is -0.314 e. The van der Waals surface area contributed by atoms with E-state index in [0.717, 1.165) is 25.8 Å². The van der Waals surface area contributed by atoms with Crippen molar-refractivity contribution in [3.05, 3.63) is 0 Å². The van der Waals surface area contributed by atoms with Gasteiger partial charge in [0.15, 0.2) is 0 Å². The molecule has 0 bridgehead atoms. The van der Waals surface area contributed by atoms with E-state index in [0.29, 0.717) is 17.7 Å². The second-order valence-electron chi connectivity index (χ2n) is 3.74. The fraction of sp³-hybridized carbons (Fsp3) is 0.889. The van der Waals surface area contributed by atoms with Crippen molar-refractivity contribution in [1.82, 2.24) is 5.32 Å². The van der Waals surface area contributed by atoms with Crippen LogP contribution in [-0.4, -0.2) is 18.4 Å². The highest BCUT2D eigenvalue weighted by atomic mass is 16.1. The zero-order valence-corrected chi connectivity index (χ0v) is 6.81. The normalized spacial score (nSPS) is 30.7. The third-order valence-corrected chi connectivity index (χ3v) is 2.64. The zero-order chi connectivity index (χ0) is 7.68. The summed E-state index contributed by atoms with van der Waals surface area (Å²) in [5, 5.41) is 3.35. The molecule has 0 aromatic heterocycles. The molecular formula is C9H15NO. The molecule has 2 fully saturated rings. The zero-order valence-electron chi connectivity index (χ0n) is 6.81. The Morgan fingerprint density at radius 3 is 2.73 bits per heavy atom. The average Bonchev–Trinajstić information content (AvgIpc) is 2.73. The lowest BCUT2D eigenvalue weighted by Crippen LogP contribution is -2.25. The van der Waals surface area contributed by atoms with Gasteiger partial charge in [0.1, 0.15) is 5.78 Å².